The van der Waals surface area contributed by atoms with Gasteiger partial charge in [0.25, 0.3) is 0 Å². The standard InChI is InChI=1S/C13H22N2S/c1-4-10(9(2)3)14-8-13-15-11-6-5-7-12(11)16-13/h9-10,14H,4-8H2,1-3H3. The van der Waals surface area contributed by atoms with Gasteiger partial charge >= 0.3 is 0 Å². The molecule has 1 aromatic heterocycles. The average Bonchev–Trinajstić information content (AvgIpc) is 2.77. The van der Waals surface area contributed by atoms with Crippen molar-refractivity contribution in [2.75, 3.05) is 0 Å². The van der Waals surface area contributed by atoms with Gasteiger partial charge in [0.15, 0.2) is 0 Å². The van der Waals surface area contributed by atoms with E-state index in [9.17, 15) is 0 Å². The highest BCUT2D eigenvalue weighted by atomic mass is 32.1. The van der Waals surface area contributed by atoms with Crippen molar-refractivity contribution in [2.45, 2.75) is 59.0 Å². The Bertz CT molecular complexity index is 322. The summed E-state index contributed by atoms with van der Waals surface area (Å²) in [5.74, 6) is 0.705. The molecule has 2 rings (SSSR count). The topological polar surface area (TPSA) is 24.9 Å². The van der Waals surface area contributed by atoms with E-state index in [2.05, 4.69) is 26.1 Å². The van der Waals surface area contributed by atoms with Crippen LogP contribution < -0.4 is 5.32 Å². The summed E-state index contributed by atoms with van der Waals surface area (Å²) in [4.78, 5) is 6.25. The molecule has 0 saturated carbocycles. The van der Waals surface area contributed by atoms with Crippen molar-refractivity contribution in [2.24, 2.45) is 5.92 Å². The molecule has 2 nitrogen and oxygen atoms in total. The average molecular weight is 238 g/mol. The molecule has 16 heavy (non-hydrogen) atoms. The molecular weight excluding hydrogens is 216 g/mol. The molecule has 0 amide bonds. The van der Waals surface area contributed by atoms with E-state index < -0.39 is 0 Å². The minimum absolute atomic E-state index is 0.624. The Balaban J connectivity index is 1.89. The maximum absolute atomic E-state index is 4.71. The number of thiazole rings is 1. The third-order valence-corrected chi connectivity index (χ3v) is 4.56. The molecule has 0 aliphatic heterocycles. The summed E-state index contributed by atoms with van der Waals surface area (Å²) < 4.78 is 0. The van der Waals surface area contributed by atoms with E-state index in [0.29, 0.717) is 12.0 Å². The number of hydrogen-bond donors (Lipinski definition) is 1. The second-order valence-electron chi connectivity index (χ2n) is 4.97. The Hall–Kier alpha value is -0.410. The van der Waals surface area contributed by atoms with Gasteiger partial charge in [0.05, 0.1) is 5.69 Å². The van der Waals surface area contributed by atoms with Crippen molar-refractivity contribution in [3.8, 4) is 0 Å². The lowest BCUT2D eigenvalue weighted by Crippen LogP contribution is -2.32. The molecule has 0 saturated heterocycles. The zero-order valence-corrected chi connectivity index (χ0v) is 11.4. The van der Waals surface area contributed by atoms with Crippen molar-refractivity contribution < 1.29 is 0 Å². The van der Waals surface area contributed by atoms with Crippen LogP contribution in [0.4, 0.5) is 0 Å². The maximum atomic E-state index is 4.71. The molecule has 0 bridgehead atoms. The van der Waals surface area contributed by atoms with Gasteiger partial charge in [-0.15, -0.1) is 11.3 Å². The first kappa shape index (κ1) is 12.1. The van der Waals surface area contributed by atoms with Crippen LogP contribution in [0.3, 0.4) is 0 Å². The first-order valence-corrected chi connectivity index (χ1v) is 7.23. The van der Waals surface area contributed by atoms with Crippen LogP contribution >= 0.6 is 11.3 Å². The second-order valence-corrected chi connectivity index (χ2v) is 6.14. The summed E-state index contributed by atoms with van der Waals surface area (Å²) in [6, 6.07) is 0.624. The van der Waals surface area contributed by atoms with Gasteiger partial charge in [0.2, 0.25) is 0 Å². The highest BCUT2D eigenvalue weighted by Crippen LogP contribution is 2.27. The lowest BCUT2D eigenvalue weighted by molar-refractivity contribution is 0.387. The molecule has 1 atom stereocenters. The van der Waals surface area contributed by atoms with E-state index in [1.54, 1.807) is 0 Å². The Morgan fingerprint density at radius 3 is 2.81 bits per heavy atom. The van der Waals surface area contributed by atoms with Crippen molar-refractivity contribution >= 4 is 11.3 Å². The predicted molar refractivity (Wildman–Crippen MR) is 69.9 cm³/mol. The number of hydrogen-bond acceptors (Lipinski definition) is 3. The van der Waals surface area contributed by atoms with Gasteiger partial charge in [-0.05, 0) is 31.6 Å². The van der Waals surface area contributed by atoms with Crippen LogP contribution in [0.2, 0.25) is 0 Å². The summed E-state index contributed by atoms with van der Waals surface area (Å²) in [5, 5.41) is 4.90. The van der Waals surface area contributed by atoms with Crippen LogP contribution in [-0.4, -0.2) is 11.0 Å². The van der Waals surface area contributed by atoms with Crippen molar-refractivity contribution in [3.05, 3.63) is 15.6 Å². The Labute approximate surface area is 102 Å². The molecule has 1 N–H and O–H groups in total. The van der Waals surface area contributed by atoms with Gasteiger partial charge in [0.1, 0.15) is 5.01 Å². The Morgan fingerprint density at radius 2 is 2.19 bits per heavy atom. The second kappa shape index (κ2) is 5.28. The van der Waals surface area contributed by atoms with E-state index in [0.717, 1.165) is 6.54 Å². The van der Waals surface area contributed by atoms with E-state index in [4.69, 9.17) is 4.98 Å². The molecule has 0 aromatic carbocycles. The van der Waals surface area contributed by atoms with Crippen LogP contribution in [0.15, 0.2) is 0 Å². The van der Waals surface area contributed by atoms with Gasteiger partial charge in [-0.25, -0.2) is 4.98 Å². The normalized spacial score (nSPS) is 16.8. The monoisotopic (exact) mass is 238 g/mol. The molecule has 1 heterocycles. The summed E-state index contributed by atoms with van der Waals surface area (Å²) in [5.41, 5.74) is 1.37. The summed E-state index contributed by atoms with van der Waals surface area (Å²) in [7, 11) is 0. The van der Waals surface area contributed by atoms with Crippen LogP contribution in [0.1, 0.15) is 49.2 Å². The number of rotatable bonds is 5. The molecule has 1 unspecified atom stereocenters. The summed E-state index contributed by atoms with van der Waals surface area (Å²) >= 11 is 1.91. The summed E-state index contributed by atoms with van der Waals surface area (Å²) in [6.45, 7) is 7.76. The largest absolute Gasteiger partial charge is 0.307 e. The van der Waals surface area contributed by atoms with Gasteiger partial charge < -0.3 is 5.32 Å². The molecule has 0 fully saturated rings. The number of nitrogens with one attached hydrogen (secondary N) is 1. The highest BCUT2D eigenvalue weighted by molar-refractivity contribution is 7.11. The van der Waals surface area contributed by atoms with Crippen molar-refractivity contribution in [1.29, 1.82) is 0 Å². The lowest BCUT2D eigenvalue weighted by Gasteiger charge is -2.19. The number of aromatic nitrogens is 1. The fourth-order valence-corrected chi connectivity index (χ4v) is 3.50. The molecule has 1 aliphatic carbocycles. The SMILES string of the molecule is CCC(NCc1nc2c(s1)CCC2)C(C)C. The molecule has 1 aliphatic rings. The zero-order chi connectivity index (χ0) is 11.5. The minimum atomic E-state index is 0.624. The first-order chi connectivity index (χ1) is 7.70. The lowest BCUT2D eigenvalue weighted by atomic mass is 10.0. The van der Waals surface area contributed by atoms with Crippen LogP contribution in [0, 0.1) is 5.92 Å². The maximum Gasteiger partial charge on any atom is 0.107 e. The third kappa shape index (κ3) is 2.64. The van der Waals surface area contributed by atoms with Crippen LogP contribution in [0.5, 0.6) is 0 Å². The van der Waals surface area contributed by atoms with E-state index in [-0.39, 0.29) is 0 Å². The van der Waals surface area contributed by atoms with Crippen molar-refractivity contribution in [1.82, 2.24) is 10.3 Å². The summed E-state index contributed by atoms with van der Waals surface area (Å²) in [6.07, 6.45) is 4.97. The third-order valence-electron chi connectivity index (χ3n) is 3.40. The fraction of sp³-hybridized carbons (Fsp3) is 0.769. The molecule has 0 spiro atoms. The minimum Gasteiger partial charge on any atom is -0.307 e. The quantitative estimate of drug-likeness (QED) is 0.852. The van der Waals surface area contributed by atoms with Gasteiger partial charge in [-0.3, -0.25) is 0 Å². The Morgan fingerprint density at radius 1 is 1.38 bits per heavy atom. The predicted octanol–water partition coefficient (Wildman–Crippen LogP) is 3.16. The zero-order valence-electron chi connectivity index (χ0n) is 10.5. The fourth-order valence-electron chi connectivity index (χ4n) is 2.39. The number of aryl methyl sites for hydroxylation is 2. The van der Waals surface area contributed by atoms with Gasteiger partial charge in [0, 0.05) is 17.5 Å². The van der Waals surface area contributed by atoms with Gasteiger partial charge in [-0.1, -0.05) is 20.8 Å². The van der Waals surface area contributed by atoms with E-state index >= 15 is 0 Å². The van der Waals surface area contributed by atoms with Crippen LogP contribution in [-0.2, 0) is 19.4 Å². The highest BCUT2D eigenvalue weighted by Gasteiger charge is 2.17. The first-order valence-electron chi connectivity index (χ1n) is 6.41. The smallest absolute Gasteiger partial charge is 0.107 e. The number of fused-ring (bicyclic) bond motifs is 1. The van der Waals surface area contributed by atoms with Gasteiger partial charge in [-0.2, -0.15) is 0 Å². The van der Waals surface area contributed by atoms with Crippen LogP contribution in [0.25, 0.3) is 0 Å². The van der Waals surface area contributed by atoms with E-state index in [1.807, 2.05) is 11.3 Å². The molecular formula is C13H22N2S. The number of nitrogens with zero attached hydrogens (tertiary/aromatic N) is 1. The Kier molecular flexibility index (Phi) is 3.98. The van der Waals surface area contributed by atoms with E-state index in [1.165, 1.54) is 41.3 Å². The molecule has 1 aromatic rings. The van der Waals surface area contributed by atoms with Crippen molar-refractivity contribution in [3.63, 3.8) is 0 Å². The molecule has 3 heteroatoms. The molecule has 90 valence electrons. The molecule has 0 radical (unpaired) electrons.